The number of non-ortho nitro benzene ring substituents is 1. The molecule has 0 aliphatic heterocycles. The van der Waals surface area contributed by atoms with Crippen LogP contribution in [0.15, 0.2) is 29.3 Å². The summed E-state index contributed by atoms with van der Waals surface area (Å²) in [5.74, 6) is 1.22. The summed E-state index contributed by atoms with van der Waals surface area (Å²) in [4.78, 5) is 14.5. The van der Waals surface area contributed by atoms with E-state index >= 15 is 0 Å². The van der Waals surface area contributed by atoms with Gasteiger partial charge in [-0.25, -0.2) is 0 Å². The lowest BCUT2D eigenvalue weighted by atomic mass is 10.2. The van der Waals surface area contributed by atoms with Crippen LogP contribution in [0.1, 0.15) is 25.8 Å². The Kier molecular flexibility index (Phi) is 12.2. The predicted molar refractivity (Wildman–Crippen MR) is 107 cm³/mol. The van der Waals surface area contributed by atoms with Gasteiger partial charge in [0.05, 0.1) is 4.92 Å². The van der Waals surface area contributed by atoms with Crippen molar-refractivity contribution in [2.24, 2.45) is 10.9 Å². The average molecular weight is 450 g/mol. The van der Waals surface area contributed by atoms with Gasteiger partial charge in [0.1, 0.15) is 0 Å². The number of ether oxygens (including phenoxy) is 1. The number of nitrogens with one attached hydrogen (secondary N) is 2. The van der Waals surface area contributed by atoms with Crippen LogP contribution in [0.5, 0.6) is 0 Å². The largest absolute Gasteiger partial charge is 0.381 e. The molecule has 0 atom stereocenters. The molecule has 0 amide bonds. The summed E-state index contributed by atoms with van der Waals surface area (Å²) in [6, 6.07) is 6.55. The summed E-state index contributed by atoms with van der Waals surface area (Å²) in [5.41, 5.74) is 0.928. The molecule has 0 radical (unpaired) electrons. The van der Waals surface area contributed by atoms with Gasteiger partial charge < -0.3 is 15.4 Å². The maximum absolute atomic E-state index is 10.8. The molecular weight excluding hydrogens is 423 g/mol. The Hall–Kier alpha value is -1.42. The number of nitro groups is 1. The fraction of sp³-hybridized carbons (Fsp3) is 0.562. The van der Waals surface area contributed by atoms with Gasteiger partial charge in [-0.05, 0) is 17.9 Å². The second-order valence-corrected chi connectivity index (χ2v) is 5.60. The number of halogens is 1. The van der Waals surface area contributed by atoms with Gasteiger partial charge in [0.25, 0.3) is 5.69 Å². The lowest BCUT2D eigenvalue weighted by Gasteiger charge is -2.12. The zero-order valence-corrected chi connectivity index (χ0v) is 16.8. The summed E-state index contributed by atoms with van der Waals surface area (Å²) >= 11 is 0. The van der Waals surface area contributed by atoms with Crippen molar-refractivity contribution in [2.45, 2.75) is 26.8 Å². The third kappa shape index (κ3) is 9.66. The molecule has 2 N–H and O–H groups in total. The van der Waals surface area contributed by atoms with Crippen LogP contribution in [0.25, 0.3) is 0 Å². The van der Waals surface area contributed by atoms with Crippen molar-refractivity contribution in [1.29, 1.82) is 0 Å². The molecule has 1 aromatic carbocycles. The highest BCUT2D eigenvalue weighted by molar-refractivity contribution is 14.0. The van der Waals surface area contributed by atoms with Gasteiger partial charge in [-0.15, -0.1) is 24.0 Å². The van der Waals surface area contributed by atoms with Gasteiger partial charge in [0.15, 0.2) is 5.96 Å². The highest BCUT2D eigenvalue weighted by Gasteiger charge is 2.06. The van der Waals surface area contributed by atoms with Crippen LogP contribution in [0.3, 0.4) is 0 Å². The normalized spacial score (nSPS) is 11.1. The molecule has 8 heteroatoms. The van der Waals surface area contributed by atoms with Crippen molar-refractivity contribution >= 4 is 35.6 Å². The predicted octanol–water partition coefficient (Wildman–Crippen LogP) is 2.94. The first kappa shape index (κ1) is 22.6. The van der Waals surface area contributed by atoms with Crippen LogP contribution in [-0.2, 0) is 11.3 Å². The Balaban J connectivity index is 0.00000529. The summed E-state index contributed by atoms with van der Waals surface area (Å²) in [6.07, 6.45) is 0.893. The van der Waals surface area contributed by atoms with E-state index in [1.54, 1.807) is 19.2 Å². The first-order valence-electron chi connectivity index (χ1n) is 7.78. The van der Waals surface area contributed by atoms with Crippen molar-refractivity contribution in [3.05, 3.63) is 39.9 Å². The minimum Gasteiger partial charge on any atom is -0.381 e. The van der Waals surface area contributed by atoms with Gasteiger partial charge in [0, 0.05) is 45.5 Å². The highest BCUT2D eigenvalue weighted by Crippen LogP contribution is 2.12. The lowest BCUT2D eigenvalue weighted by molar-refractivity contribution is -0.384. The van der Waals surface area contributed by atoms with Crippen LogP contribution in [0.4, 0.5) is 5.69 Å². The minimum absolute atomic E-state index is 0. The van der Waals surface area contributed by atoms with Crippen molar-refractivity contribution in [3.8, 4) is 0 Å². The molecule has 0 aliphatic rings. The van der Waals surface area contributed by atoms with Gasteiger partial charge >= 0.3 is 0 Å². The third-order valence-corrected chi connectivity index (χ3v) is 3.01. The first-order valence-corrected chi connectivity index (χ1v) is 7.78. The number of hydrogen-bond donors (Lipinski definition) is 2. The number of nitro benzene ring substituents is 1. The van der Waals surface area contributed by atoms with E-state index in [1.165, 1.54) is 6.07 Å². The van der Waals surface area contributed by atoms with E-state index in [2.05, 4.69) is 29.5 Å². The van der Waals surface area contributed by atoms with E-state index < -0.39 is 4.92 Å². The monoisotopic (exact) mass is 450 g/mol. The van der Waals surface area contributed by atoms with E-state index in [1.807, 2.05) is 6.07 Å². The summed E-state index contributed by atoms with van der Waals surface area (Å²) < 4.78 is 5.51. The molecule has 1 aromatic rings. The number of hydrogen-bond acceptors (Lipinski definition) is 4. The van der Waals surface area contributed by atoms with E-state index in [0.717, 1.165) is 25.1 Å². The van der Waals surface area contributed by atoms with Crippen LogP contribution in [0, 0.1) is 16.0 Å². The Morgan fingerprint density at radius 2 is 2.12 bits per heavy atom. The van der Waals surface area contributed by atoms with Crippen molar-refractivity contribution < 1.29 is 9.66 Å². The first-order chi connectivity index (χ1) is 11.0. The number of benzene rings is 1. The maximum Gasteiger partial charge on any atom is 0.269 e. The van der Waals surface area contributed by atoms with Gasteiger partial charge in [-0.1, -0.05) is 26.0 Å². The topological polar surface area (TPSA) is 88.8 Å². The average Bonchev–Trinajstić information content (AvgIpc) is 2.53. The van der Waals surface area contributed by atoms with Crippen LogP contribution >= 0.6 is 24.0 Å². The second kappa shape index (κ2) is 12.9. The molecule has 0 fully saturated rings. The standard InChI is InChI=1S/C16H26N4O3.HI/c1-13(2)12-23-9-5-8-18-16(17-3)19-11-14-6-4-7-15(10-14)20(21)22;/h4,6-7,10,13H,5,8-9,11-12H2,1-3H3,(H2,17,18,19);1H. The molecule has 24 heavy (non-hydrogen) atoms. The number of guanidine groups is 1. The molecule has 0 unspecified atom stereocenters. The van der Waals surface area contributed by atoms with Crippen LogP contribution in [0.2, 0.25) is 0 Å². The van der Waals surface area contributed by atoms with Crippen LogP contribution < -0.4 is 10.6 Å². The lowest BCUT2D eigenvalue weighted by Crippen LogP contribution is -2.37. The summed E-state index contributed by atoms with van der Waals surface area (Å²) in [5, 5.41) is 17.1. The molecule has 0 aromatic heterocycles. The van der Waals surface area contributed by atoms with Crippen molar-refractivity contribution in [2.75, 3.05) is 26.8 Å². The van der Waals surface area contributed by atoms with Gasteiger partial charge in [-0.3, -0.25) is 15.1 Å². The summed E-state index contributed by atoms with van der Waals surface area (Å²) in [7, 11) is 1.69. The number of nitrogens with zero attached hydrogens (tertiary/aromatic N) is 2. The third-order valence-electron chi connectivity index (χ3n) is 3.01. The zero-order chi connectivity index (χ0) is 17.1. The fourth-order valence-electron chi connectivity index (χ4n) is 1.89. The maximum atomic E-state index is 10.8. The van der Waals surface area contributed by atoms with E-state index in [-0.39, 0.29) is 29.7 Å². The molecule has 0 aliphatic carbocycles. The molecule has 0 bridgehead atoms. The number of aliphatic imine (C=N–C) groups is 1. The fourth-order valence-corrected chi connectivity index (χ4v) is 1.89. The Bertz CT molecular complexity index is 524. The smallest absolute Gasteiger partial charge is 0.269 e. The molecule has 0 heterocycles. The molecule has 136 valence electrons. The second-order valence-electron chi connectivity index (χ2n) is 5.60. The molecule has 0 saturated carbocycles. The molecule has 0 saturated heterocycles. The van der Waals surface area contributed by atoms with Crippen LogP contribution in [-0.4, -0.2) is 37.7 Å². The quantitative estimate of drug-likeness (QED) is 0.151. The Labute approximate surface area is 160 Å². The van der Waals surface area contributed by atoms with Gasteiger partial charge in [0.2, 0.25) is 0 Å². The van der Waals surface area contributed by atoms with Crippen molar-refractivity contribution in [3.63, 3.8) is 0 Å². The SMILES string of the molecule is CN=C(NCCCOCC(C)C)NCc1cccc([N+](=O)[O-])c1.I. The molecule has 7 nitrogen and oxygen atoms in total. The Morgan fingerprint density at radius 1 is 1.38 bits per heavy atom. The molecule has 0 spiro atoms. The van der Waals surface area contributed by atoms with Gasteiger partial charge in [-0.2, -0.15) is 0 Å². The summed E-state index contributed by atoms with van der Waals surface area (Å²) in [6.45, 7) is 6.97. The number of rotatable bonds is 9. The van der Waals surface area contributed by atoms with E-state index in [9.17, 15) is 10.1 Å². The van der Waals surface area contributed by atoms with E-state index in [4.69, 9.17) is 4.74 Å². The van der Waals surface area contributed by atoms with E-state index in [0.29, 0.717) is 25.0 Å². The molecular formula is C16H27IN4O3. The Morgan fingerprint density at radius 3 is 2.75 bits per heavy atom. The van der Waals surface area contributed by atoms with Crippen molar-refractivity contribution in [1.82, 2.24) is 10.6 Å². The zero-order valence-electron chi connectivity index (χ0n) is 14.4. The molecule has 1 rings (SSSR count). The highest BCUT2D eigenvalue weighted by atomic mass is 127. The minimum atomic E-state index is -0.395.